The van der Waals surface area contributed by atoms with E-state index in [1.165, 1.54) is 7.11 Å². The minimum atomic E-state index is -3.15. The molecular weight excluding hydrogens is 256 g/mol. The van der Waals surface area contributed by atoms with E-state index in [1.807, 2.05) is 0 Å². The van der Waals surface area contributed by atoms with Gasteiger partial charge in [-0.1, -0.05) is 0 Å². The smallest absolute Gasteiger partial charge is 0.306 e. The number of hydrogen-bond donors (Lipinski definition) is 0. The van der Waals surface area contributed by atoms with Crippen molar-refractivity contribution in [2.45, 2.75) is 38.2 Å². The van der Waals surface area contributed by atoms with Crippen molar-refractivity contribution in [1.29, 1.82) is 0 Å². The normalized spacial score (nSPS) is 25.9. The molecular formula is C12H20O5S. The van der Waals surface area contributed by atoms with E-state index in [0.29, 0.717) is 6.61 Å². The number of methoxy groups -OCH3 is 1. The standard InChI is InChI=1S/C12H20O5S/c1-16-11(13)7-12(4-5-12)9-18(14,15)8-10-3-2-6-17-10/h10H,2-9H2,1H3. The molecule has 1 saturated heterocycles. The van der Waals surface area contributed by atoms with Gasteiger partial charge in [-0.25, -0.2) is 8.42 Å². The van der Waals surface area contributed by atoms with Gasteiger partial charge in [-0.05, 0) is 31.1 Å². The van der Waals surface area contributed by atoms with Crippen molar-refractivity contribution in [1.82, 2.24) is 0 Å². The molecule has 0 N–H and O–H groups in total. The van der Waals surface area contributed by atoms with Crippen molar-refractivity contribution in [3.8, 4) is 0 Å². The zero-order valence-electron chi connectivity index (χ0n) is 10.7. The fourth-order valence-electron chi connectivity index (χ4n) is 2.51. The molecule has 6 heteroatoms. The zero-order valence-corrected chi connectivity index (χ0v) is 11.5. The molecule has 0 spiro atoms. The fraction of sp³-hybridized carbons (Fsp3) is 0.917. The Bertz CT molecular complexity index is 404. The average Bonchev–Trinajstić information content (AvgIpc) is 2.82. The van der Waals surface area contributed by atoms with Crippen LogP contribution in [0.1, 0.15) is 32.1 Å². The highest BCUT2D eigenvalue weighted by Gasteiger charge is 2.48. The van der Waals surface area contributed by atoms with E-state index in [-0.39, 0.29) is 35.4 Å². The van der Waals surface area contributed by atoms with Crippen molar-refractivity contribution < 1.29 is 22.7 Å². The van der Waals surface area contributed by atoms with Crippen LogP contribution in [0.15, 0.2) is 0 Å². The van der Waals surface area contributed by atoms with Gasteiger partial charge in [-0.3, -0.25) is 4.79 Å². The molecule has 104 valence electrons. The van der Waals surface area contributed by atoms with Crippen molar-refractivity contribution in [2.75, 3.05) is 25.2 Å². The molecule has 0 amide bonds. The molecule has 2 rings (SSSR count). The van der Waals surface area contributed by atoms with Gasteiger partial charge in [0.25, 0.3) is 0 Å². The third-order valence-corrected chi connectivity index (χ3v) is 5.63. The lowest BCUT2D eigenvalue weighted by atomic mass is 10.1. The van der Waals surface area contributed by atoms with Crippen LogP contribution in [-0.2, 0) is 24.1 Å². The third-order valence-electron chi connectivity index (χ3n) is 3.69. The quantitative estimate of drug-likeness (QED) is 0.675. The predicted molar refractivity (Wildman–Crippen MR) is 65.9 cm³/mol. The molecule has 2 aliphatic rings. The van der Waals surface area contributed by atoms with Gasteiger partial charge in [-0.15, -0.1) is 0 Å². The largest absolute Gasteiger partial charge is 0.469 e. The summed E-state index contributed by atoms with van der Waals surface area (Å²) in [6, 6.07) is 0. The summed E-state index contributed by atoms with van der Waals surface area (Å²) in [5, 5.41) is 0. The summed E-state index contributed by atoms with van der Waals surface area (Å²) in [6.07, 6.45) is 3.42. The molecule has 18 heavy (non-hydrogen) atoms. The van der Waals surface area contributed by atoms with E-state index in [1.54, 1.807) is 0 Å². The molecule has 5 nitrogen and oxygen atoms in total. The van der Waals surface area contributed by atoms with E-state index < -0.39 is 9.84 Å². The summed E-state index contributed by atoms with van der Waals surface area (Å²) in [7, 11) is -1.81. The first-order valence-electron chi connectivity index (χ1n) is 6.34. The van der Waals surface area contributed by atoms with Crippen LogP contribution in [0, 0.1) is 5.41 Å². The molecule has 0 aromatic rings. The van der Waals surface area contributed by atoms with Crippen molar-refractivity contribution >= 4 is 15.8 Å². The maximum Gasteiger partial charge on any atom is 0.306 e. The number of rotatable bonds is 6. The topological polar surface area (TPSA) is 69.7 Å². The Balaban J connectivity index is 1.89. The highest BCUT2D eigenvalue weighted by atomic mass is 32.2. The first-order valence-corrected chi connectivity index (χ1v) is 8.16. The van der Waals surface area contributed by atoms with Gasteiger partial charge >= 0.3 is 5.97 Å². The number of carbonyl (C=O) groups excluding carboxylic acids is 1. The summed E-state index contributed by atoms with van der Waals surface area (Å²) in [5.74, 6) is -0.134. The van der Waals surface area contributed by atoms with Crippen LogP contribution in [0.5, 0.6) is 0 Å². The van der Waals surface area contributed by atoms with E-state index >= 15 is 0 Å². The Morgan fingerprint density at radius 1 is 1.44 bits per heavy atom. The molecule has 1 aliphatic heterocycles. The maximum atomic E-state index is 12.1. The van der Waals surface area contributed by atoms with E-state index in [0.717, 1.165) is 25.7 Å². The van der Waals surface area contributed by atoms with Gasteiger partial charge in [0.2, 0.25) is 0 Å². The van der Waals surface area contributed by atoms with Gasteiger partial charge < -0.3 is 9.47 Å². The summed E-state index contributed by atoms with van der Waals surface area (Å²) in [6.45, 7) is 0.660. The molecule has 0 bridgehead atoms. The zero-order chi connectivity index (χ0) is 13.2. The maximum absolute atomic E-state index is 12.1. The molecule has 2 fully saturated rings. The van der Waals surface area contributed by atoms with Gasteiger partial charge in [0.05, 0.1) is 31.1 Å². The second-order valence-electron chi connectivity index (χ2n) is 5.44. The molecule has 1 heterocycles. The summed E-state index contributed by atoms with van der Waals surface area (Å²) >= 11 is 0. The lowest BCUT2D eigenvalue weighted by Gasteiger charge is -2.16. The highest BCUT2D eigenvalue weighted by molar-refractivity contribution is 7.91. The van der Waals surface area contributed by atoms with E-state index in [9.17, 15) is 13.2 Å². The molecule has 0 aromatic carbocycles. The van der Waals surface area contributed by atoms with Gasteiger partial charge in [-0.2, -0.15) is 0 Å². The van der Waals surface area contributed by atoms with Crippen LogP contribution in [-0.4, -0.2) is 45.7 Å². The van der Waals surface area contributed by atoms with Crippen molar-refractivity contribution in [2.24, 2.45) is 5.41 Å². The third kappa shape index (κ3) is 3.68. The molecule has 1 atom stereocenters. The Kier molecular flexibility index (Phi) is 3.96. The molecule has 1 unspecified atom stereocenters. The number of esters is 1. The van der Waals surface area contributed by atoms with Crippen molar-refractivity contribution in [3.05, 3.63) is 0 Å². The van der Waals surface area contributed by atoms with E-state index in [2.05, 4.69) is 4.74 Å². The fourth-order valence-corrected chi connectivity index (χ4v) is 4.78. The lowest BCUT2D eigenvalue weighted by molar-refractivity contribution is -0.141. The summed E-state index contributed by atoms with van der Waals surface area (Å²) in [5.41, 5.74) is -0.357. The Hall–Kier alpha value is -0.620. The van der Waals surface area contributed by atoms with Crippen LogP contribution in [0.4, 0.5) is 0 Å². The van der Waals surface area contributed by atoms with Crippen LogP contribution < -0.4 is 0 Å². The minimum Gasteiger partial charge on any atom is -0.469 e. The average molecular weight is 276 g/mol. The van der Waals surface area contributed by atoms with Gasteiger partial charge in [0, 0.05) is 6.61 Å². The second-order valence-corrected chi connectivity index (χ2v) is 7.55. The molecule has 0 aromatic heterocycles. The number of hydrogen-bond acceptors (Lipinski definition) is 5. The molecule has 1 aliphatic carbocycles. The SMILES string of the molecule is COC(=O)CC1(CS(=O)(=O)CC2CCCO2)CC1. The molecule has 0 radical (unpaired) electrons. The summed E-state index contributed by atoms with van der Waals surface area (Å²) < 4.78 is 34.1. The van der Waals surface area contributed by atoms with Gasteiger partial charge in [0.15, 0.2) is 9.84 Å². The van der Waals surface area contributed by atoms with Gasteiger partial charge in [0.1, 0.15) is 0 Å². The van der Waals surface area contributed by atoms with Crippen LogP contribution in [0.2, 0.25) is 0 Å². The number of ether oxygens (including phenoxy) is 2. The second kappa shape index (κ2) is 5.17. The monoisotopic (exact) mass is 276 g/mol. The Labute approximate surface area is 108 Å². The predicted octanol–water partition coefficient (Wildman–Crippen LogP) is 0.923. The van der Waals surface area contributed by atoms with Crippen molar-refractivity contribution in [3.63, 3.8) is 0 Å². The molecule has 1 saturated carbocycles. The van der Waals surface area contributed by atoms with Crippen LogP contribution in [0.25, 0.3) is 0 Å². The highest BCUT2D eigenvalue weighted by Crippen LogP contribution is 2.50. The Morgan fingerprint density at radius 3 is 2.67 bits per heavy atom. The van der Waals surface area contributed by atoms with Crippen LogP contribution >= 0.6 is 0 Å². The van der Waals surface area contributed by atoms with E-state index in [4.69, 9.17) is 4.74 Å². The lowest BCUT2D eigenvalue weighted by Crippen LogP contribution is -2.28. The first-order chi connectivity index (χ1) is 8.45. The number of carbonyl (C=O) groups is 1. The summed E-state index contributed by atoms with van der Waals surface area (Å²) in [4.78, 5) is 11.3. The van der Waals surface area contributed by atoms with Crippen LogP contribution in [0.3, 0.4) is 0 Å². The minimum absolute atomic E-state index is 0.0922. The number of sulfone groups is 1. The Morgan fingerprint density at radius 2 is 2.17 bits per heavy atom. The first kappa shape index (κ1) is 13.8.